The molecule has 1 aromatic carbocycles. The van der Waals surface area contributed by atoms with E-state index in [-0.39, 0.29) is 5.56 Å². The molecule has 25 heavy (non-hydrogen) atoms. The molecule has 0 aliphatic rings. The molecule has 0 unspecified atom stereocenters. The van der Waals surface area contributed by atoms with Crippen LogP contribution in [0.5, 0.6) is 5.75 Å². The zero-order valence-electron chi connectivity index (χ0n) is 12.9. The van der Waals surface area contributed by atoms with Gasteiger partial charge < -0.3 is 10.1 Å². The number of aromatic nitrogens is 3. The Morgan fingerprint density at radius 2 is 1.96 bits per heavy atom. The van der Waals surface area contributed by atoms with E-state index in [0.29, 0.717) is 16.6 Å². The Hall–Kier alpha value is -3.28. The maximum absolute atomic E-state index is 14.0. The van der Waals surface area contributed by atoms with Gasteiger partial charge in [-0.2, -0.15) is 0 Å². The largest absolute Gasteiger partial charge is 0.505 e. The third kappa shape index (κ3) is 2.71. The molecular formula is C19H12F2N3O. The van der Waals surface area contributed by atoms with Crippen LogP contribution in [0.4, 0.5) is 8.78 Å². The summed E-state index contributed by atoms with van der Waals surface area (Å²) in [6.07, 6.45) is 8.06. The number of pyridine rings is 2. The van der Waals surface area contributed by atoms with Crippen molar-refractivity contribution < 1.29 is 13.9 Å². The molecule has 3 aromatic heterocycles. The van der Waals surface area contributed by atoms with E-state index in [0.717, 1.165) is 23.3 Å². The third-order valence-electron chi connectivity index (χ3n) is 3.96. The van der Waals surface area contributed by atoms with Gasteiger partial charge in [-0.25, -0.2) is 13.8 Å². The van der Waals surface area contributed by atoms with Crippen molar-refractivity contribution in [2.24, 2.45) is 0 Å². The number of nitrogens with one attached hydrogen (secondary N) is 1. The van der Waals surface area contributed by atoms with E-state index in [4.69, 9.17) is 0 Å². The summed E-state index contributed by atoms with van der Waals surface area (Å²) in [6.45, 7) is 0. The number of phenols is 1. The number of halogens is 2. The van der Waals surface area contributed by atoms with Crippen LogP contribution in [0.3, 0.4) is 0 Å². The van der Waals surface area contributed by atoms with Gasteiger partial charge in [0.05, 0.1) is 0 Å². The summed E-state index contributed by atoms with van der Waals surface area (Å²) in [4.78, 5) is 11.4. The minimum atomic E-state index is -0.995. The first-order valence-electron chi connectivity index (χ1n) is 7.53. The average molecular weight is 336 g/mol. The van der Waals surface area contributed by atoms with Crippen LogP contribution in [0.1, 0.15) is 11.1 Å². The number of nitrogens with zero attached hydrogens (tertiary/aromatic N) is 2. The Morgan fingerprint density at radius 1 is 1.08 bits per heavy atom. The van der Waals surface area contributed by atoms with Gasteiger partial charge in [0.2, 0.25) is 0 Å². The molecule has 0 atom stereocenters. The molecule has 4 rings (SSSR count). The summed E-state index contributed by atoms with van der Waals surface area (Å²) in [5, 5.41) is 10.2. The summed E-state index contributed by atoms with van der Waals surface area (Å²) in [7, 11) is 0. The molecule has 2 N–H and O–H groups in total. The van der Waals surface area contributed by atoms with Crippen LogP contribution in [0.25, 0.3) is 22.2 Å². The van der Waals surface area contributed by atoms with Crippen molar-refractivity contribution in [1.29, 1.82) is 0 Å². The zero-order valence-corrected chi connectivity index (χ0v) is 12.9. The summed E-state index contributed by atoms with van der Waals surface area (Å²) in [5.74, 6) is -2.34. The van der Waals surface area contributed by atoms with Gasteiger partial charge in [0.1, 0.15) is 11.5 Å². The van der Waals surface area contributed by atoms with Gasteiger partial charge in [0, 0.05) is 53.3 Å². The van der Waals surface area contributed by atoms with Gasteiger partial charge in [-0.15, -0.1) is 0 Å². The molecule has 3 heterocycles. The second-order valence-corrected chi connectivity index (χ2v) is 5.54. The lowest BCUT2D eigenvalue weighted by Crippen LogP contribution is -1.95. The van der Waals surface area contributed by atoms with Crippen molar-refractivity contribution in [2.45, 2.75) is 0 Å². The number of hydrogen-bond donors (Lipinski definition) is 2. The standard InChI is InChI=1S/C19H12F2N3O/c20-16-3-4-17(25)18(21)15(16)7-13-10-24-19-14(13)6-12(9-23-19)11-2-1-5-22-8-11/h1-10,25H,(H,23,24). The van der Waals surface area contributed by atoms with Crippen molar-refractivity contribution >= 4 is 11.0 Å². The molecule has 1 radical (unpaired) electrons. The van der Waals surface area contributed by atoms with Crippen LogP contribution in [-0.2, 0) is 0 Å². The summed E-state index contributed by atoms with van der Waals surface area (Å²) >= 11 is 0. The molecule has 0 saturated carbocycles. The monoisotopic (exact) mass is 336 g/mol. The number of aromatic hydroxyl groups is 1. The van der Waals surface area contributed by atoms with Crippen LogP contribution in [0, 0.1) is 18.1 Å². The lowest BCUT2D eigenvalue weighted by molar-refractivity contribution is 0.425. The predicted molar refractivity (Wildman–Crippen MR) is 89.9 cm³/mol. The Bertz CT molecular complexity index is 1060. The number of hydrogen-bond acceptors (Lipinski definition) is 3. The second kappa shape index (κ2) is 5.98. The van der Waals surface area contributed by atoms with E-state index in [9.17, 15) is 13.9 Å². The highest BCUT2D eigenvalue weighted by atomic mass is 19.1. The zero-order chi connectivity index (χ0) is 17.4. The Balaban J connectivity index is 1.80. The van der Waals surface area contributed by atoms with Gasteiger partial charge in [-0.05, 0) is 29.8 Å². The Kier molecular flexibility index (Phi) is 3.65. The highest BCUT2D eigenvalue weighted by Gasteiger charge is 2.16. The molecule has 0 amide bonds. The van der Waals surface area contributed by atoms with Gasteiger partial charge in [-0.3, -0.25) is 4.98 Å². The normalized spacial score (nSPS) is 11.1. The van der Waals surface area contributed by atoms with Crippen molar-refractivity contribution in [3.8, 4) is 16.9 Å². The number of fused-ring (bicyclic) bond motifs is 1. The molecule has 4 nitrogen and oxygen atoms in total. The van der Waals surface area contributed by atoms with Crippen molar-refractivity contribution in [1.82, 2.24) is 15.0 Å². The lowest BCUT2D eigenvalue weighted by Gasteiger charge is -2.06. The molecule has 0 saturated heterocycles. The molecule has 0 spiro atoms. The molecular weight excluding hydrogens is 324 g/mol. The smallest absolute Gasteiger partial charge is 0.171 e. The molecule has 123 valence electrons. The van der Waals surface area contributed by atoms with Gasteiger partial charge in [0.25, 0.3) is 0 Å². The van der Waals surface area contributed by atoms with Crippen molar-refractivity contribution in [3.05, 3.63) is 84.3 Å². The number of aromatic amines is 1. The van der Waals surface area contributed by atoms with Crippen molar-refractivity contribution in [3.63, 3.8) is 0 Å². The molecule has 6 heteroatoms. The second-order valence-electron chi connectivity index (χ2n) is 5.54. The Labute approximate surface area is 141 Å². The number of phenolic OH excluding ortho intramolecular Hbond substituents is 1. The van der Waals surface area contributed by atoms with E-state index < -0.39 is 17.4 Å². The van der Waals surface area contributed by atoms with Crippen LogP contribution in [-0.4, -0.2) is 20.1 Å². The maximum atomic E-state index is 14.0. The molecule has 0 aliphatic carbocycles. The quantitative estimate of drug-likeness (QED) is 0.589. The fourth-order valence-corrected chi connectivity index (χ4v) is 2.68. The minimum absolute atomic E-state index is 0.298. The van der Waals surface area contributed by atoms with E-state index >= 15 is 0 Å². The topological polar surface area (TPSA) is 61.8 Å². The van der Waals surface area contributed by atoms with Crippen LogP contribution in [0.2, 0.25) is 0 Å². The molecule has 4 aromatic rings. The summed E-state index contributed by atoms with van der Waals surface area (Å²) in [5.41, 5.74) is 2.59. The minimum Gasteiger partial charge on any atom is -0.505 e. The fraction of sp³-hybridized carbons (Fsp3) is 0. The number of H-pyrrole nitrogens is 1. The number of benzene rings is 1. The highest BCUT2D eigenvalue weighted by Crippen LogP contribution is 2.30. The van der Waals surface area contributed by atoms with Crippen LogP contribution in [0.15, 0.2) is 55.1 Å². The highest BCUT2D eigenvalue weighted by molar-refractivity contribution is 5.86. The molecule has 0 bridgehead atoms. The van der Waals surface area contributed by atoms with Gasteiger partial charge in [-0.1, -0.05) is 6.07 Å². The fourth-order valence-electron chi connectivity index (χ4n) is 2.68. The van der Waals surface area contributed by atoms with Crippen LogP contribution < -0.4 is 0 Å². The predicted octanol–water partition coefficient (Wildman–Crippen LogP) is 4.21. The van der Waals surface area contributed by atoms with E-state index in [2.05, 4.69) is 15.0 Å². The summed E-state index contributed by atoms with van der Waals surface area (Å²) < 4.78 is 28.0. The average Bonchev–Trinajstić information content (AvgIpc) is 3.05. The first-order valence-corrected chi connectivity index (χ1v) is 7.53. The van der Waals surface area contributed by atoms with E-state index in [1.165, 1.54) is 6.42 Å². The van der Waals surface area contributed by atoms with Crippen molar-refractivity contribution in [2.75, 3.05) is 0 Å². The van der Waals surface area contributed by atoms with E-state index in [1.54, 1.807) is 24.8 Å². The first kappa shape index (κ1) is 15.3. The van der Waals surface area contributed by atoms with Crippen LogP contribution >= 0.6 is 0 Å². The molecule has 0 fully saturated rings. The van der Waals surface area contributed by atoms with E-state index in [1.807, 2.05) is 18.2 Å². The SMILES string of the molecule is Oc1ccc(F)c([CH]c2c[nH]c3ncc(-c4cccnc4)cc23)c1F. The third-order valence-corrected chi connectivity index (χ3v) is 3.96. The number of rotatable bonds is 3. The molecule has 0 aliphatic heterocycles. The lowest BCUT2D eigenvalue weighted by atomic mass is 10.0. The van der Waals surface area contributed by atoms with Gasteiger partial charge >= 0.3 is 0 Å². The summed E-state index contributed by atoms with van der Waals surface area (Å²) in [6, 6.07) is 7.61. The first-order chi connectivity index (χ1) is 12.1. The Morgan fingerprint density at radius 3 is 2.76 bits per heavy atom. The van der Waals surface area contributed by atoms with Gasteiger partial charge in [0.15, 0.2) is 11.6 Å². The maximum Gasteiger partial charge on any atom is 0.171 e.